The van der Waals surface area contributed by atoms with Crippen molar-refractivity contribution in [2.24, 2.45) is 5.73 Å². The zero-order valence-electron chi connectivity index (χ0n) is 13.6. The molecule has 0 radical (unpaired) electrons. The zero-order valence-corrected chi connectivity index (χ0v) is 13.6. The van der Waals surface area contributed by atoms with Gasteiger partial charge in [0.25, 0.3) is 0 Å². The van der Waals surface area contributed by atoms with Crippen LogP contribution in [0.1, 0.15) is 33.1 Å². The third-order valence-corrected chi connectivity index (χ3v) is 2.94. The van der Waals surface area contributed by atoms with Gasteiger partial charge in [-0.3, -0.25) is 0 Å². The molecule has 0 amide bonds. The second kappa shape index (κ2) is 14.7. The van der Waals surface area contributed by atoms with Gasteiger partial charge in [-0.2, -0.15) is 0 Å². The van der Waals surface area contributed by atoms with E-state index in [-0.39, 0.29) is 6.61 Å². The first-order chi connectivity index (χ1) is 10.1. The van der Waals surface area contributed by atoms with Crippen molar-refractivity contribution in [3.63, 3.8) is 0 Å². The number of ether oxygens (including phenoxy) is 4. The first kappa shape index (κ1) is 20.8. The van der Waals surface area contributed by atoms with Gasteiger partial charge in [-0.05, 0) is 19.8 Å². The lowest BCUT2D eigenvalue weighted by Gasteiger charge is -2.21. The number of aliphatic hydroxyl groups is 1. The molecule has 0 aromatic carbocycles. The molecule has 0 spiro atoms. The van der Waals surface area contributed by atoms with Gasteiger partial charge in [-0.15, -0.1) is 0 Å². The van der Waals surface area contributed by atoms with Crippen LogP contribution < -0.4 is 5.73 Å². The SMILES string of the molecule is CCCCOCCOCCOCCOCCC(C)(N)CO. The molecule has 128 valence electrons. The van der Waals surface area contributed by atoms with Gasteiger partial charge in [-0.25, -0.2) is 0 Å². The Balaban J connectivity index is 3.06. The maximum atomic E-state index is 8.97. The highest BCUT2D eigenvalue weighted by Gasteiger charge is 2.15. The highest BCUT2D eigenvalue weighted by molar-refractivity contribution is 4.76. The predicted octanol–water partition coefficient (Wildman–Crippen LogP) is 0.953. The molecule has 0 aliphatic carbocycles. The van der Waals surface area contributed by atoms with E-state index in [4.69, 9.17) is 29.8 Å². The Bertz CT molecular complexity index is 214. The van der Waals surface area contributed by atoms with Crippen LogP contribution >= 0.6 is 0 Å². The maximum absolute atomic E-state index is 8.97. The van der Waals surface area contributed by atoms with E-state index in [1.165, 1.54) is 0 Å². The van der Waals surface area contributed by atoms with Gasteiger partial charge in [0, 0.05) is 18.8 Å². The molecule has 0 saturated heterocycles. The molecule has 0 bridgehead atoms. The molecule has 1 unspecified atom stereocenters. The van der Waals surface area contributed by atoms with Gasteiger partial charge < -0.3 is 29.8 Å². The summed E-state index contributed by atoms with van der Waals surface area (Å²) in [5, 5.41) is 8.97. The molecular formula is C15H33NO5. The zero-order chi connectivity index (χ0) is 15.8. The minimum Gasteiger partial charge on any atom is -0.394 e. The van der Waals surface area contributed by atoms with E-state index in [9.17, 15) is 0 Å². The Kier molecular flexibility index (Phi) is 14.5. The molecule has 0 aliphatic rings. The molecule has 0 heterocycles. The molecule has 0 aromatic rings. The van der Waals surface area contributed by atoms with Crippen molar-refractivity contribution in [2.45, 2.75) is 38.6 Å². The van der Waals surface area contributed by atoms with Crippen molar-refractivity contribution < 1.29 is 24.1 Å². The third kappa shape index (κ3) is 16.0. The van der Waals surface area contributed by atoms with Gasteiger partial charge >= 0.3 is 0 Å². The van der Waals surface area contributed by atoms with Crippen molar-refractivity contribution in [1.82, 2.24) is 0 Å². The van der Waals surface area contributed by atoms with Crippen LogP contribution in [0.5, 0.6) is 0 Å². The lowest BCUT2D eigenvalue weighted by atomic mass is 10.0. The molecule has 0 fully saturated rings. The molecule has 3 N–H and O–H groups in total. The third-order valence-electron chi connectivity index (χ3n) is 2.94. The highest BCUT2D eigenvalue weighted by Crippen LogP contribution is 2.03. The largest absolute Gasteiger partial charge is 0.394 e. The van der Waals surface area contributed by atoms with Crippen molar-refractivity contribution in [3.05, 3.63) is 0 Å². The Morgan fingerprint density at radius 1 is 0.810 bits per heavy atom. The first-order valence-electron chi connectivity index (χ1n) is 7.83. The summed E-state index contributed by atoms with van der Waals surface area (Å²) in [6.45, 7) is 8.70. The number of nitrogens with two attached hydrogens (primary N) is 1. The van der Waals surface area contributed by atoms with Gasteiger partial charge in [0.15, 0.2) is 0 Å². The lowest BCUT2D eigenvalue weighted by Crippen LogP contribution is -2.41. The number of rotatable bonds is 16. The van der Waals surface area contributed by atoms with E-state index in [2.05, 4.69) is 6.92 Å². The summed E-state index contributed by atoms with van der Waals surface area (Å²) in [6.07, 6.45) is 2.89. The van der Waals surface area contributed by atoms with E-state index in [1.54, 1.807) is 6.92 Å². The summed E-state index contributed by atoms with van der Waals surface area (Å²) >= 11 is 0. The van der Waals surface area contributed by atoms with Crippen molar-refractivity contribution in [3.8, 4) is 0 Å². The van der Waals surface area contributed by atoms with E-state index in [1.807, 2.05) is 0 Å². The number of hydrogen-bond acceptors (Lipinski definition) is 6. The summed E-state index contributed by atoms with van der Waals surface area (Å²) in [6, 6.07) is 0. The summed E-state index contributed by atoms with van der Waals surface area (Å²) < 4.78 is 21.5. The molecule has 1 atom stereocenters. The van der Waals surface area contributed by atoms with Crippen molar-refractivity contribution in [2.75, 3.05) is 59.5 Å². The Labute approximate surface area is 128 Å². The van der Waals surface area contributed by atoms with Crippen molar-refractivity contribution >= 4 is 0 Å². The Morgan fingerprint density at radius 3 is 1.67 bits per heavy atom. The van der Waals surface area contributed by atoms with Crippen LogP contribution in [0, 0.1) is 0 Å². The first-order valence-corrected chi connectivity index (χ1v) is 7.83. The second-order valence-electron chi connectivity index (χ2n) is 5.37. The van der Waals surface area contributed by atoms with Crippen LogP contribution in [0.3, 0.4) is 0 Å². The topological polar surface area (TPSA) is 83.2 Å². The van der Waals surface area contributed by atoms with Crippen LogP contribution in [0.15, 0.2) is 0 Å². The Morgan fingerprint density at radius 2 is 1.24 bits per heavy atom. The molecule has 0 rings (SSSR count). The molecule has 0 saturated carbocycles. The fraction of sp³-hybridized carbons (Fsp3) is 1.00. The maximum Gasteiger partial charge on any atom is 0.0701 e. The van der Waals surface area contributed by atoms with E-state index < -0.39 is 5.54 Å². The summed E-state index contributed by atoms with van der Waals surface area (Å²) in [5.74, 6) is 0. The molecule has 21 heavy (non-hydrogen) atoms. The molecular weight excluding hydrogens is 274 g/mol. The average Bonchev–Trinajstić information content (AvgIpc) is 2.47. The number of hydrogen-bond donors (Lipinski definition) is 2. The van der Waals surface area contributed by atoms with Gasteiger partial charge in [0.1, 0.15) is 0 Å². The van der Waals surface area contributed by atoms with E-state index in [0.717, 1.165) is 19.4 Å². The van der Waals surface area contributed by atoms with Gasteiger partial charge in [0.05, 0.1) is 46.2 Å². The fourth-order valence-electron chi connectivity index (χ4n) is 1.39. The Hall–Kier alpha value is -0.240. The minimum absolute atomic E-state index is 0.0354. The van der Waals surface area contributed by atoms with Gasteiger partial charge in [-0.1, -0.05) is 13.3 Å². The summed E-state index contributed by atoms with van der Waals surface area (Å²) in [7, 11) is 0. The minimum atomic E-state index is -0.562. The van der Waals surface area contributed by atoms with Crippen LogP contribution in [-0.2, 0) is 18.9 Å². The molecule has 0 aromatic heterocycles. The lowest BCUT2D eigenvalue weighted by molar-refractivity contribution is -0.00420. The van der Waals surface area contributed by atoms with Crippen LogP contribution in [0.4, 0.5) is 0 Å². The number of aliphatic hydroxyl groups excluding tert-OH is 1. The van der Waals surface area contributed by atoms with Crippen LogP contribution in [0.25, 0.3) is 0 Å². The highest BCUT2D eigenvalue weighted by atomic mass is 16.6. The van der Waals surface area contributed by atoms with E-state index in [0.29, 0.717) is 52.7 Å². The second-order valence-corrected chi connectivity index (χ2v) is 5.37. The monoisotopic (exact) mass is 307 g/mol. The van der Waals surface area contributed by atoms with Gasteiger partial charge in [0.2, 0.25) is 0 Å². The quantitative estimate of drug-likeness (QED) is 0.413. The normalized spacial score (nSPS) is 14.3. The van der Waals surface area contributed by atoms with Crippen LogP contribution in [0.2, 0.25) is 0 Å². The summed E-state index contributed by atoms with van der Waals surface area (Å²) in [4.78, 5) is 0. The molecule has 0 aliphatic heterocycles. The molecule has 6 nitrogen and oxygen atoms in total. The predicted molar refractivity (Wildman–Crippen MR) is 82.5 cm³/mol. The fourth-order valence-corrected chi connectivity index (χ4v) is 1.39. The molecule has 6 heteroatoms. The average molecular weight is 307 g/mol. The number of unbranched alkanes of at least 4 members (excludes halogenated alkanes) is 1. The summed E-state index contributed by atoms with van der Waals surface area (Å²) in [5.41, 5.74) is 5.21. The van der Waals surface area contributed by atoms with Crippen molar-refractivity contribution in [1.29, 1.82) is 0 Å². The van der Waals surface area contributed by atoms with E-state index >= 15 is 0 Å². The standard InChI is InChI=1S/C15H33NO5/c1-3-4-6-18-8-10-20-12-13-21-11-9-19-7-5-15(2,16)14-17/h17H,3-14,16H2,1-2H3. The van der Waals surface area contributed by atoms with Crippen LogP contribution in [-0.4, -0.2) is 70.1 Å². The smallest absolute Gasteiger partial charge is 0.0701 e.